The molecule has 0 spiro atoms. The summed E-state index contributed by atoms with van der Waals surface area (Å²) < 4.78 is 0. The van der Waals surface area contributed by atoms with Crippen LogP contribution >= 0.6 is 0 Å². The third-order valence-electron chi connectivity index (χ3n) is 5.45. The molecule has 0 fully saturated rings. The second-order valence-electron chi connectivity index (χ2n) is 7.45. The van der Waals surface area contributed by atoms with Crippen molar-refractivity contribution in [2.24, 2.45) is 0 Å². The van der Waals surface area contributed by atoms with E-state index in [1.165, 1.54) is 0 Å². The molecule has 5 aromatic carbocycles. The maximum atomic E-state index is 10.9. The molecule has 3 nitrogen and oxygen atoms in total. The Bertz CT molecular complexity index is 1260. The van der Waals surface area contributed by atoms with Crippen molar-refractivity contribution in [2.45, 2.75) is 6.54 Å². The Morgan fingerprint density at radius 1 is 0.500 bits per heavy atom. The van der Waals surface area contributed by atoms with Gasteiger partial charge >= 0.3 is 0 Å². The van der Waals surface area contributed by atoms with Gasteiger partial charge in [-0.15, -0.1) is 0 Å². The topological polar surface area (TPSA) is 43.7 Å². The van der Waals surface area contributed by atoms with Gasteiger partial charge in [-0.1, -0.05) is 78.9 Å². The van der Waals surface area contributed by atoms with Crippen molar-refractivity contribution in [3.05, 3.63) is 109 Å². The Kier molecular flexibility index (Phi) is 4.49. The van der Waals surface area contributed by atoms with E-state index < -0.39 is 0 Å². The largest absolute Gasteiger partial charge is 0.506 e. The van der Waals surface area contributed by atoms with E-state index in [-0.39, 0.29) is 11.5 Å². The smallest absolute Gasteiger partial charge is 0.139 e. The summed E-state index contributed by atoms with van der Waals surface area (Å²) in [6.45, 7) is 0.513. The number of hydrogen-bond donors (Lipinski definition) is 2. The van der Waals surface area contributed by atoms with Crippen molar-refractivity contribution >= 4 is 32.9 Å². The van der Waals surface area contributed by atoms with Gasteiger partial charge in [0.15, 0.2) is 0 Å². The minimum atomic E-state index is 0.178. The number of nitrogens with zero attached hydrogens (tertiary/aromatic N) is 1. The molecule has 2 N–H and O–H groups in total. The standard InChI is InChI=1S/C27H21NO2/c29-26-16-22-12-6-4-10-20(22)14-24(26)28(18-19-8-2-1-3-9-19)25-15-21-11-5-7-13-23(21)17-27(25)30/h1-17,29-30H,18H2. The molecule has 0 aromatic heterocycles. The van der Waals surface area contributed by atoms with Crippen LogP contribution in [0.15, 0.2) is 103 Å². The van der Waals surface area contributed by atoms with E-state index in [1.807, 2.05) is 95.9 Å². The first-order valence-electron chi connectivity index (χ1n) is 9.94. The first-order valence-corrected chi connectivity index (χ1v) is 9.94. The molecule has 0 radical (unpaired) electrons. The van der Waals surface area contributed by atoms with Gasteiger partial charge in [-0.25, -0.2) is 0 Å². The third-order valence-corrected chi connectivity index (χ3v) is 5.45. The van der Waals surface area contributed by atoms with Gasteiger partial charge in [-0.05, 0) is 51.4 Å². The quantitative estimate of drug-likeness (QED) is 0.356. The van der Waals surface area contributed by atoms with Crippen LogP contribution in [-0.4, -0.2) is 10.2 Å². The molecule has 5 aromatic rings. The van der Waals surface area contributed by atoms with Crippen LogP contribution in [0.1, 0.15) is 5.56 Å². The summed E-state index contributed by atoms with van der Waals surface area (Å²) >= 11 is 0. The van der Waals surface area contributed by atoms with Crippen LogP contribution in [0.25, 0.3) is 21.5 Å². The van der Waals surface area contributed by atoms with Gasteiger partial charge in [0, 0.05) is 6.54 Å². The van der Waals surface area contributed by atoms with E-state index in [1.54, 1.807) is 12.1 Å². The molecule has 0 atom stereocenters. The maximum absolute atomic E-state index is 10.9. The number of phenols is 2. The van der Waals surface area contributed by atoms with Gasteiger partial charge in [0.25, 0.3) is 0 Å². The summed E-state index contributed by atoms with van der Waals surface area (Å²) in [5, 5.41) is 25.8. The van der Waals surface area contributed by atoms with Crippen molar-refractivity contribution in [1.82, 2.24) is 0 Å². The first kappa shape index (κ1) is 18.1. The van der Waals surface area contributed by atoms with Gasteiger partial charge in [-0.3, -0.25) is 0 Å². The lowest BCUT2D eigenvalue weighted by molar-refractivity contribution is 0.471. The Hall–Kier alpha value is -3.98. The molecule has 5 rings (SSSR count). The molecule has 0 saturated carbocycles. The molecule has 30 heavy (non-hydrogen) atoms. The summed E-state index contributed by atoms with van der Waals surface area (Å²) in [6.07, 6.45) is 0. The zero-order valence-corrected chi connectivity index (χ0v) is 16.4. The van der Waals surface area contributed by atoms with Crippen LogP contribution in [0.4, 0.5) is 11.4 Å². The molecule has 0 aliphatic rings. The van der Waals surface area contributed by atoms with Crippen LogP contribution in [0.2, 0.25) is 0 Å². The summed E-state index contributed by atoms with van der Waals surface area (Å²) in [5.41, 5.74) is 2.39. The van der Waals surface area contributed by atoms with Crippen molar-refractivity contribution in [3.63, 3.8) is 0 Å². The monoisotopic (exact) mass is 391 g/mol. The summed E-state index contributed by atoms with van der Waals surface area (Å²) in [6, 6.07) is 33.5. The molecule has 0 heterocycles. The van der Waals surface area contributed by atoms with Crippen molar-refractivity contribution in [2.75, 3.05) is 4.90 Å². The molecular formula is C27H21NO2. The van der Waals surface area contributed by atoms with Crippen molar-refractivity contribution in [3.8, 4) is 11.5 Å². The number of rotatable bonds is 4. The second-order valence-corrected chi connectivity index (χ2v) is 7.45. The second kappa shape index (κ2) is 7.45. The Labute approximate surface area is 175 Å². The SMILES string of the molecule is Oc1cc2ccccc2cc1N(Cc1ccccc1)c1cc2ccccc2cc1O. The molecule has 0 saturated heterocycles. The maximum Gasteiger partial charge on any atom is 0.139 e. The molecule has 3 heteroatoms. The number of benzene rings is 5. The Balaban J connectivity index is 1.72. The fourth-order valence-corrected chi connectivity index (χ4v) is 3.93. The highest BCUT2D eigenvalue weighted by Crippen LogP contribution is 2.42. The van der Waals surface area contributed by atoms with Gasteiger partial charge in [0.2, 0.25) is 0 Å². The van der Waals surface area contributed by atoms with Crippen LogP contribution in [0.3, 0.4) is 0 Å². The normalized spacial score (nSPS) is 11.1. The predicted octanol–water partition coefficient (Wildman–Crippen LogP) is 6.74. The van der Waals surface area contributed by atoms with Crippen LogP contribution in [0.5, 0.6) is 11.5 Å². The highest BCUT2D eigenvalue weighted by atomic mass is 16.3. The van der Waals surface area contributed by atoms with Crippen molar-refractivity contribution in [1.29, 1.82) is 0 Å². The fourth-order valence-electron chi connectivity index (χ4n) is 3.93. The Morgan fingerprint density at radius 2 is 0.900 bits per heavy atom. The predicted molar refractivity (Wildman–Crippen MR) is 124 cm³/mol. The number of aromatic hydroxyl groups is 2. The highest BCUT2D eigenvalue weighted by Gasteiger charge is 2.19. The zero-order valence-electron chi connectivity index (χ0n) is 16.4. The van der Waals surface area contributed by atoms with E-state index in [4.69, 9.17) is 0 Å². The van der Waals surface area contributed by atoms with Gasteiger partial charge < -0.3 is 15.1 Å². The van der Waals surface area contributed by atoms with E-state index >= 15 is 0 Å². The number of hydrogen-bond acceptors (Lipinski definition) is 3. The molecular weight excluding hydrogens is 370 g/mol. The first-order chi connectivity index (χ1) is 14.7. The van der Waals surface area contributed by atoms with Gasteiger partial charge in [0.1, 0.15) is 11.5 Å². The molecule has 0 aliphatic carbocycles. The summed E-state index contributed by atoms with van der Waals surface area (Å²) in [4.78, 5) is 1.97. The zero-order chi connectivity index (χ0) is 20.5. The average Bonchev–Trinajstić information content (AvgIpc) is 2.77. The minimum absolute atomic E-state index is 0.178. The lowest BCUT2D eigenvalue weighted by Gasteiger charge is -2.27. The lowest BCUT2D eigenvalue weighted by atomic mass is 10.0. The van der Waals surface area contributed by atoms with Crippen LogP contribution in [-0.2, 0) is 6.54 Å². The minimum Gasteiger partial charge on any atom is -0.506 e. The van der Waals surface area contributed by atoms with Crippen molar-refractivity contribution < 1.29 is 10.2 Å². The lowest BCUT2D eigenvalue weighted by Crippen LogP contribution is -2.17. The number of fused-ring (bicyclic) bond motifs is 2. The summed E-state index contributed by atoms with van der Waals surface area (Å²) in [5.74, 6) is 0.356. The summed E-state index contributed by atoms with van der Waals surface area (Å²) in [7, 11) is 0. The molecule has 0 bridgehead atoms. The van der Waals surface area contributed by atoms with E-state index in [9.17, 15) is 10.2 Å². The molecule has 0 aliphatic heterocycles. The van der Waals surface area contributed by atoms with E-state index in [0.29, 0.717) is 17.9 Å². The van der Waals surface area contributed by atoms with Gasteiger partial charge in [-0.2, -0.15) is 0 Å². The molecule has 0 amide bonds. The molecule has 0 unspecified atom stereocenters. The van der Waals surface area contributed by atoms with E-state index in [0.717, 1.165) is 27.1 Å². The van der Waals surface area contributed by atoms with E-state index in [2.05, 4.69) is 0 Å². The van der Waals surface area contributed by atoms with Crippen LogP contribution in [0, 0.1) is 0 Å². The fraction of sp³-hybridized carbons (Fsp3) is 0.0370. The molecule has 146 valence electrons. The average molecular weight is 391 g/mol. The van der Waals surface area contributed by atoms with Gasteiger partial charge in [0.05, 0.1) is 11.4 Å². The Morgan fingerprint density at radius 3 is 1.37 bits per heavy atom. The third kappa shape index (κ3) is 3.31. The highest BCUT2D eigenvalue weighted by molar-refractivity contribution is 5.93. The number of phenolic OH excluding ortho intramolecular Hbond substituents is 2. The van der Waals surface area contributed by atoms with Crippen LogP contribution < -0.4 is 4.90 Å². The number of anilines is 2.